The van der Waals surface area contributed by atoms with Crippen LogP contribution >= 0.6 is 0 Å². The molecule has 2 fully saturated rings. The average molecular weight is 366 g/mol. The predicted octanol–water partition coefficient (Wildman–Crippen LogP) is 3.80. The fourth-order valence-corrected chi connectivity index (χ4v) is 9.75. The van der Waals surface area contributed by atoms with Crippen molar-refractivity contribution in [3.8, 4) is 0 Å². The first kappa shape index (κ1) is 18.0. The van der Waals surface area contributed by atoms with Gasteiger partial charge in [0, 0.05) is 12.6 Å². The molecule has 0 aromatic heterocycles. The SMILES string of the molecule is CC(C)(C)[Si](O[C@H]1C[C@H]2CCCN2C1)(c1ccccc1)c1ccccc1. The molecular formula is C23H31NOSi. The highest BCUT2D eigenvalue weighted by atomic mass is 28.4. The highest BCUT2D eigenvalue weighted by Crippen LogP contribution is 2.40. The van der Waals surface area contributed by atoms with Crippen molar-refractivity contribution < 1.29 is 4.43 Å². The van der Waals surface area contributed by atoms with Crippen LogP contribution in [0, 0.1) is 0 Å². The molecule has 0 aliphatic carbocycles. The second-order valence-corrected chi connectivity index (χ2v) is 13.2. The van der Waals surface area contributed by atoms with E-state index in [-0.39, 0.29) is 5.04 Å². The van der Waals surface area contributed by atoms with Crippen molar-refractivity contribution in [2.75, 3.05) is 13.1 Å². The number of hydrogen-bond acceptors (Lipinski definition) is 2. The molecule has 2 heterocycles. The molecule has 0 spiro atoms. The Morgan fingerprint density at radius 1 is 0.923 bits per heavy atom. The van der Waals surface area contributed by atoms with Crippen LogP contribution < -0.4 is 10.4 Å². The van der Waals surface area contributed by atoms with Crippen LogP contribution in [0.1, 0.15) is 40.0 Å². The van der Waals surface area contributed by atoms with Crippen LogP contribution in [0.2, 0.25) is 5.04 Å². The Bertz CT molecular complexity index is 673. The van der Waals surface area contributed by atoms with Crippen LogP contribution in [0.5, 0.6) is 0 Å². The van der Waals surface area contributed by atoms with Crippen molar-refractivity contribution in [3.63, 3.8) is 0 Å². The molecule has 3 heteroatoms. The van der Waals surface area contributed by atoms with Crippen LogP contribution in [0.25, 0.3) is 0 Å². The van der Waals surface area contributed by atoms with E-state index in [1.807, 2.05) is 0 Å². The van der Waals surface area contributed by atoms with E-state index in [2.05, 4.69) is 86.3 Å². The zero-order valence-electron chi connectivity index (χ0n) is 16.3. The first-order chi connectivity index (χ1) is 12.5. The molecule has 2 aliphatic heterocycles. The van der Waals surface area contributed by atoms with Gasteiger partial charge in [0.05, 0.1) is 6.10 Å². The molecular weight excluding hydrogens is 334 g/mol. The van der Waals surface area contributed by atoms with Gasteiger partial charge in [-0.15, -0.1) is 0 Å². The third kappa shape index (κ3) is 3.06. The summed E-state index contributed by atoms with van der Waals surface area (Å²) < 4.78 is 7.27. The summed E-state index contributed by atoms with van der Waals surface area (Å²) in [6, 6.07) is 22.8. The van der Waals surface area contributed by atoms with E-state index in [0.717, 1.165) is 12.6 Å². The molecule has 2 saturated heterocycles. The Labute approximate surface area is 159 Å². The van der Waals surface area contributed by atoms with E-state index < -0.39 is 8.32 Å². The van der Waals surface area contributed by atoms with Gasteiger partial charge in [0.2, 0.25) is 0 Å². The van der Waals surface area contributed by atoms with Gasteiger partial charge in [0.1, 0.15) is 0 Å². The highest BCUT2D eigenvalue weighted by molar-refractivity contribution is 6.99. The van der Waals surface area contributed by atoms with Crippen LogP contribution in [-0.2, 0) is 4.43 Å². The van der Waals surface area contributed by atoms with E-state index in [1.165, 1.54) is 36.2 Å². The van der Waals surface area contributed by atoms with Crippen molar-refractivity contribution in [1.82, 2.24) is 4.90 Å². The van der Waals surface area contributed by atoms with Crippen LogP contribution in [0.4, 0.5) is 0 Å². The molecule has 0 saturated carbocycles. The maximum atomic E-state index is 7.27. The number of rotatable bonds is 4. The lowest BCUT2D eigenvalue weighted by Gasteiger charge is -2.44. The third-order valence-corrected chi connectivity index (χ3v) is 11.3. The molecule has 138 valence electrons. The Kier molecular flexibility index (Phi) is 4.80. The van der Waals surface area contributed by atoms with Gasteiger partial charge < -0.3 is 4.43 Å². The average Bonchev–Trinajstić information content (AvgIpc) is 3.21. The molecule has 26 heavy (non-hydrogen) atoms. The molecule has 0 N–H and O–H groups in total. The van der Waals surface area contributed by atoms with Crippen LogP contribution in [0.3, 0.4) is 0 Å². The van der Waals surface area contributed by atoms with Gasteiger partial charge in [-0.1, -0.05) is 81.4 Å². The zero-order chi connectivity index (χ0) is 18.2. The summed E-state index contributed by atoms with van der Waals surface area (Å²) >= 11 is 0. The van der Waals surface area contributed by atoms with Gasteiger partial charge in [-0.05, 0) is 41.2 Å². The lowest BCUT2D eigenvalue weighted by Crippen LogP contribution is -2.67. The van der Waals surface area contributed by atoms with Gasteiger partial charge >= 0.3 is 0 Å². The monoisotopic (exact) mass is 365 g/mol. The van der Waals surface area contributed by atoms with Crippen LogP contribution in [-0.4, -0.2) is 38.5 Å². The highest BCUT2D eigenvalue weighted by Gasteiger charge is 2.52. The van der Waals surface area contributed by atoms with Crippen molar-refractivity contribution in [2.45, 2.75) is 57.2 Å². The topological polar surface area (TPSA) is 12.5 Å². The fraction of sp³-hybridized carbons (Fsp3) is 0.478. The number of nitrogens with zero attached hydrogens (tertiary/aromatic N) is 1. The lowest BCUT2D eigenvalue weighted by atomic mass is 10.1. The lowest BCUT2D eigenvalue weighted by molar-refractivity contribution is 0.189. The Morgan fingerprint density at radius 2 is 1.50 bits per heavy atom. The van der Waals surface area contributed by atoms with E-state index in [0.29, 0.717) is 6.10 Å². The molecule has 0 unspecified atom stereocenters. The quantitative estimate of drug-likeness (QED) is 0.764. The summed E-state index contributed by atoms with van der Waals surface area (Å²) in [5, 5.41) is 2.86. The van der Waals surface area contributed by atoms with Crippen molar-refractivity contribution in [2.24, 2.45) is 0 Å². The minimum Gasteiger partial charge on any atom is -0.403 e. The first-order valence-electron chi connectivity index (χ1n) is 10.0. The maximum absolute atomic E-state index is 7.27. The van der Waals surface area contributed by atoms with E-state index >= 15 is 0 Å². The summed E-state index contributed by atoms with van der Waals surface area (Å²) in [7, 11) is -2.39. The van der Waals surface area contributed by atoms with Gasteiger partial charge in [-0.25, -0.2) is 0 Å². The Morgan fingerprint density at radius 3 is 2.00 bits per heavy atom. The second kappa shape index (κ2) is 6.95. The van der Waals surface area contributed by atoms with Crippen molar-refractivity contribution >= 4 is 18.7 Å². The standard InChI is InChI=1S/C23H31NOSi/c1-23(2,3)26(21-12-6-4-7-13-21,22-14-8-5-9-15-22)25-20-17-19-11-10-16-24(19)18-20/h4-9,12-15,19-20H,10-11,16-18H2,1-3H3/t19-,20+/m1/s1. The number of benzene rings is 2. The summed E-state index contributed by atoms with van der Waals surface area (Å²) in [6.45, 7) is 9.47. The maximum Gasteiger partial charge on any atom is 0.261 e. The minimum atomic E-state index is -2.39. The predicted molar refractivity (Wildman–Crippen MR) is 112 cm³/mol. The van der Waals surface area contributed by atoms with Crippen LogP contribution in [0.15, 0.2) is 60.7 Å². The fourth-order valence-electron chi connectivity index (χ4n) is 5.07. The minimum absolute atomic E-state index is 0.0722. The summed E-state index contributed by atoms with van der Waals surface area (Å²) in [5.74, 6) is 0. The van der Waals surface area contributed by atoms with Gasteiger partial charge in [-0.3, -0.25) is 4.90 Å². The van der Waals surface area contributed by atoms with Crippen molar-refractivity contribution in [1.29, 1.82) is 0 Å². The largest absolute Gasteiger partial charge is 0.403 e. The Hall–Kier alpha value is -1.42. The molecule has 4 rings (SSSR count). The summed E-state index contributed by atoms with van der Waals surface area (Å²) in [5.41, 5.74) is 0. The number of fused-ring (bicyclic) bond motifs is 1. The molecule has 2 aliphatic rings. The summed E-state index contributed by atoms with van der Waals surface area (Å²) in [4.78, 5) is 2.66. The zero-order valence-corrected chi connectivity index (χ0v) is 17.3. The van der Waals surface area contributed by atoms with E-state index in [9.17, 15) is 0 Å². The second-order valence-electron chi connectivity index (χ2n) is 8.93. The van der Waals surface area contributed by atoms with E-state index in [1.54, 1.807) is 0 Å². The normalized spacial score (nSPS) is 24.0. The van der Waals surface area contributed by atoms with E-state index in [4.69, 9.17) is 4.43 Å². The molecule has 2 aromatic rings. The molecule has 0 amide bonds. The number of hydrogen-bond donors (Lipinski definition) is 0. The van der Waals surface area contributed by atoms with Gasteiger partial charge in [-0.2, -0.15) is 0 Å². The third-order valence-electron chi connectivity index (χ3n) is 6.23. The van der Waals surface area contributed by atoms with Gasteiger partial charge in [0.25, 0.3) is 8.32 Å². The smallest absolute Gasteiger partial charge is 0.261 e. The summed E-state index contributed by atoms with van der Waals surface area (Å²) in [6.07, 6.45) is 4.26. The van der Waals surface area contributed by atoms with Gasteiger partial charge in [0.15, 0.2) is 0 Å². The Balaban J connectivity index is 1.78. The molecule has 2 nitrogen and oxygen atoms in total. The first-order valence-corrected chi connectivity index (χ1v) is 11.9. The molecule has 2 atom stereocenters. The molecule has 0 bridgehead atoms. The molecule has 0 radical (unpaired) electrons. The molecule has 2 aromatic carbocycles. The van der Waals surface area contributed by atoms with Crippen molar-refractivity contribution in [3.05, 3.63) is 60.7 Å².